The quantitative estimate of drug-likeness (QED) is 0.621. The van der Waals surface area contributed by atoms with E-state index in [0.29, 0.717) is 11.5 Å². The maximum absolute atomic E-state index is 11.7. The van der Waals surface area contributed by atoms with Crippen LogP contribution in [0.3, 0.4) is 0 Å². The lowest BCUT2D eigenvalue weighted by atomic mass is 10.2. The second kappa shape index (κ2) is 8.33. The largest absolute Gasteiger partial charge is 0.496 e. The monoisotopic (exact) mass is 376 g/mol. The van der Waals surface area contributed by atoms with Gasteiger partial charge in [0, 0.05) is 10.0 Å². The van der Waals surface area contributed by atoms with Crippen molar-refractivity contribution in [3.05, 3.63) is 58.1 Å². The summed E-state index contributed by atoms with van der Waals surface area (Å²) in [7, 11) is 1.58. The number of carbonyl (C=O) groups excluding carboxylic acids is 1. The highest BCUT2D eigenvalue weighted by molar-refractivity contribution is 9.10. The Morgan fingerprint density at radius 1 is 1.26 bits per heavy atom. The number of ether oxygens (including phenoxy) is 2. The molecule has 0 unspecified atom stereocenters. The molecule has 2 rings (SSSR count). The Labute approximate surface area is 143 Å². The van der Waals surface area contributed by atoms with Crippen LogP contribution in [-0.2, 0) is 4.79 Å². The highest BCUT2D eigenvalue weighted by Gasteiger charge is 2.04. The van der Waals surface area contributed by atoms with Crippen molar-refractivity contribution in [2.45, 2.75) is 6.92 Å². The van der Waals surface area contributed by atoms with Crippen LogP contribution in [0.15, 0.2) is 52.0 Å². The van der Waals surface area contributed by atoms with Gasteiger partial charge in [-0.05, 0) is 36.8 Å². The van der Waals surface area contributed by atoms with Gasteiger partial charge in [0.1, 0.15) is 11.5 Å². The van der Waals surface area contributed by atoms with E-state index >= 15 is 0 Å². The molecule has 0 aliphatic carbocycles. The number of benzene rings is 2. The number of hydrogen-bond donors (Lipinski definition) is 1. The number of amides is 1. The summed E-state index contributed by atoms with van der Waals surface area (Å²) < 4.78 is 11.6. The first-order chi connectivity index (χ1) is 11.1. The van der Waals surface area contributed by atoms with Crippen molar-refractivity contribution >= 4 is 28.1 Å². The summed E-state index contributed by atoms with van der Waals surface area (Å²) in [6.45, 7) is 1.82. The number of hydrazone groups is 1. The fraction of sp³-hybridized carbons (Fsp3) is 0.176. The molecule has 0 fully saturated rings. The van der Waals surface area contributed by atoms with Crippen LogP contribution >= 0.6 is 15.9 Å². The summed E-state index contributed by atoms with van der Waals surface area (Å²) in [4.78, 5) is 11.7. The predicted octanol–water partition coefficient (Wildman–Crippen LogP) is 3.30. The maximum Gasteiger partial charge on any atom is 0.277 e. The van der Waals surface area contributed by atoms with Gasteiger partial charge >= 0.3 is 0 Å². The molecule has 1 amide bonds. The summed E-state index contributed by atoms with van der Waals surface area (Å²) in [6.07, 6.45) is 1.52. The molecular formula is C17H17BrN2O3. The van der Waals surface area contributed by atoms with Gasteiger partial charge in [0.15, 0.2) is 6.61 Å². The van der Waals surface area contributed by atoms with Crippen molar-refractivity contribution in [3.8, 4) is 11.5 Å². The molecule has 0 saturated heterocycles. The van der Waals surface area contributed by atoms with E-state index in [1.807, 2.05) is 49.4 Å². The zero-order chi connectivity index (χ0) is 16.7. The second-order valence-corrected chi connectivity index (χ2v) is 5.65. The van der Waals surface area contributed by atoms with Crippen LogP contribution in [0.4, 0.5) is 0 Å². The Hall–Kier alpha value is -2.34. The Balaban J connectivity index is 1.89. The standard InChI is InChI=1S/C17H17BrN2O3/c1-12-5-3-4-6-15(12)23-11-17(21)20-19-10-13-9-14(18)7-8-16(13)22-2/h3-10H,11H2,1-2H3,(H,20,21)/b19-10-. The van der Waals surface area contributed by atoms with Gasteiger partial charge in [-0.15, -0.1) is 0 Å². The van der Waals surface area contributed by atoms with Crippen LogP contribution in [-0.4, -0.2) is 25.8 Å². The molecule has 2 aromatic rings. The average Bonchev–Trinajstić information content (AvgIpc) is 2.54. The lowest BCUT2D eigenvalue weighted by Crippen LogP contribution is -2.24. The molecule has 0 saturated carbocycles. The van der Waals surface area contributed by atoms with Gasteiger partial charge in [-0.1, -0.05) is 34.1 Å². The summed E-state index contributed by atoms with van der Waals surface area (Å²) in [5.41, 5.74) is 4.15. The van der Waals surface area contributed by atoms with Crippen LogP contribution < -0.4 is 14.9 Å². The molecule has 6 heteroatoms. The lowest BCUT2D eigenvalue weighted by molar-refractivity contribution is -0.123. The van der Waals surface area contributed by atoms with Crippen molar-refractivity contribution < 1.29 is 14.3 Å². The minimum absolute atomic E-state index is 0.0994. The van der Waals surface area contributed by atoms with E-state index in [2.05, 4.69) is 26.5 Å². The number of methoxy groups -OCH3 is 1. The maximum atomic E-state index is 11.7. The number of aryl methyl sites for hydroxylation is 1. The predicted molar refractivity (Wildman–Crippen MR) is 93.1 cm³/mol. The fourth-order valence-corrected chi connectivity index (χ4v) is 2.25. The number of halogens is 1. The molecule has 120 valence electrons. The van der Waals surface area contributed by atoms with Crippen LogP contribution in [0.5, 0.6) is 11.5 Å². The van der Waals surface area contributed by atoms with Crippen molar-refractivity contribution in [2.24, 2.45) is 5.10 Å². The topological polar surface area (TPSA) is 59.9 Å². The van der Waals surface area contributed by atoms with Crippen molar-refractivity contribution in [1.29, 1.82) is 0 Å². The third-order valence-corrected chi connectivity index (χ3v) is 3.53. The zero-order valence-electron chi connectivity index (χ0n) is 12.9. The molecular weight excluding hydrogens is 360 g/mol. The fourth-order valence-electron chi connectivity index (χ4n) is 1.87. The van der Waals surface area contributed by atoms with Crippen molar-refractivity contribution in [2.75, 3.05) is 13.7 Å². The van der Waals surface area contributed by atoms with Crippen LogP contribution in [0.1, 0.15) is 11.1 Å². The van der Waals surface area contributed by atoms with Crippen molar-refractivity contribution in [1.82, 2.24) is 5.43 Å². The van der Waals surface area contributed by atoms with Gasteiger partial charge in [0.2, 0.25) is 0 Å². The van der Waals surface area contributed by atoms with Gasteiger partial charge < -0.3 is 9.47 Å². The Morgan fingerprint density at radius 3 is 2.78 bits per heavy atom. The number of nitrogens with zero attached hydrogens (tertiary/aromatic N) is 1. The molecule has 5 nitrogen and oxygen atoms in total. The number of hydrogen-bond acceptors (Lipinski definition) is 4. The normalized spacial score (nSPS) is 10.6. The molecule has 0 aromatic heterocycles. The summed E-state index contributed by atoms with van der Waals surface area (Å²) in [5.74, 6) is 1.01. The van der Waals surface area contributed by atoms with Gasteiger partial charge in [0.05, 0.1) is 13.3 Å². The lowest BCUT2D eigenvalue weighted by Gasteiger charge is -2.07. The first-order valence-corrected chi connectivity index (χ1v) is 7.73. The van der Waals surface area contributed by atoms with E-state index in [1.165, 1.54) is 6.21 Å². The molecule has 0 atom stereocenters. The molecule has 0 aliphatic heterocycles. The van der Waals surface area contributed by atoms with Gasteiger partial charge in [0.25, 0.3) is 5.91 Å². The molecule has 1 N–H and O–H groups in total. The van der Waals surface area contributed by atoms with E-state index in [-0.39, 0.29) is 12.5 Å². The average molecular weight is 377 g/mol. The minimum atomic E-state index is -0.335. The first kappa shape index (κ1) is 17.0. The smallest absolute Gasteiger partial charge is 0.277 e. The van der Waals surface area contributed by atoms with E-state index in [1.54, 1.807) is 7.11 Å². The van der Waals surface area contributed by atoms with E-state index in [4.69, 9.17) is 9.47 Å². The third kappa shape index (κ3) is 5.10. The van der Waals surface area contributed by atoms with Gasteiger partial charge in [-0.3, -0.25) is 4.79 Å². The first-order valence-electron chi connectivity index (χ1n) is 6.94. The molecule has 2 aromatic carbocycles. The number of para-hydroxylation sites is 1. The molecule has 23 heavy (non-hydrogen) atoms. The van der Waals surface area contributed by atoms with E-state index < -0.39 is 0 Å². The van der Waals surface area contributed by atoms with Crippen LogP contribution in [0.2, 0.25) is 0 Å². The SMILES string of the molecule is COc1ccc(Br)cc1/C=N\NC(=O)COc1ccccc1C. The Morgan fingerprint density at radius 2 is 2.04 bits per heavy atom. The van der Waals surface area contributed by atoms with Crippen molar-refractivity contribution in [3.63, 3.8) is 0 Å². The molecule has 0 bridgehead atoms. The van der Waals surface area contributed by atoms with Gasteiger partial charge in [-0.2, -0.15) is 5.10 Å². The van der Waals surface area contributed by atoms with Crippen LogP contribution in [0.25, 0.3) is 0 Å². The minimum Gasteiger partial charge on any atom is -0.496 e. The molecule has 0 aliphatic rings. The zero-order valence-corrected chi connectivity index (χ0v) is 14.5. The molecule has 0 heterocycles. The summed E-state index contributed by atoms with van der Waals surface area (Å²) in [6, 6.07) is 13.0. The summed E-state index contributed by atoms with van der Waals surface area (Å²) in [5, 5.41) is 3.92. The molecule has 0 spiro atoms. The highest BCUT2D eigenvalue weighted by Crippen LogP contribution is 2.21. The number of nitrogens with one attached hydrogen (secondary N) is 1. The van der Waals surface area contributed by atoms with E-state index in [9.17, 15) is 4.79 Å². The Bertz CT molecular complexity index is 717. The number of rotatable bonds is 6. The highest BCUT2D eigenvalue weighted by atomic mass is 79.9. The molecule has 0 radical (unpaired) electrons. The Kier molecular flexibility index (Phi) is 6.17. The third-order valence-electron chi connectivity index (χ3n) is 3.04. The number of carbonyl (C=O) groups is 1. The van der Waals surface area contributed by atoms with Gasteiger partial charge in [-0.25, -0.2) is 5.43 Å². The second-order valence-electron chi connectivity index (χ2n) is 4.73. The van der Waals surface area contributed by atoms with Crippen LogP contribution in [0, 0.1) is 6.92 Å². The van der Waals surface area contributed by atoms with E-state index in [0.717, 1.165) is 15.6 Å². The summed E-state index contributed by atoms with van der Waals surface area (Å²) >= 11 is 3.38.